The molecule has 2 aromatic heterocycles. The third kappa shape index (κ3) is 3.21. The lowest BCUT2D eigenvalue weighted by Crippen LogP contribution is -2.56. The summed E-state index contributed by atoms with van der Waals surface area (Å²) in [5, 5.41) is 15.8. The summed E-state index contributed by atoms with van der Waals surface area (Å²) in [5.74, 6) is 1.66. The Balaban J connectivity index is 1.21. The van der Waals surface area contributed by atoms with E-state index in [1.807, 2.05) is 24.3 Å². The molecule has 0 aliphatic carbocycles. The molecule has 29 heavy (non-hydrogen) atoms. The van der Waals surface area contributed by atoms with Gasteiger partial charge in [-0.3, -0.25) is 9.89 Å². The Morgan fingerprint density at radius 1 is 1.21 bits per heavy atom. The highest BCUT2D eigenvalue weighted by Crippen LogP contribution is 2.35. The zero-order valence-corrected chi connectivity index (χ0v) is 15.2. The maximum absolute atomic E-state index is 12.6. The van der Waals surface area contributed by atoms with Crippen LogP contribution in [0, 0.1) is 11.3 Å². The number of benzene rings is 1. The van der Waals surface area contributed by atoms with E-state index >= 15 is 0 Å². The summed E-state index contributed by atoms with van der Waals surface area (Å²) in [6, 6.07) is 12.6. The topological polar surface area (TPSA) is 113 Å². The van der Waals surface area contributed by atoms with E-state index in [2.05, 4.69) is 15.2 Å². The van der Waals surface area contributed by atoms with E-state index in [9.17, 15) is 4.79 Å². The molecule has 0 bridgehead atoms. The molecule has 0 spiro atoms. The maximum atomic E-state index is 12.6. The third-order valence-corrected chi connectivity index (χ3v) is 4.76. The summed E-state index contributed by atoms with van der Waals surface area (Å²) in [6.45, 7) is 1.12. The number of hydrogen-bond donors (Lipinski definition) is 1. The van der Waals surface area contributed by atoms with Gasteiger partial charge in [0.1, 0.15) is 17.9 Å². The average Bonchev–Trinajstić information content (AvgIpc) is 3.39. The Morgan fingerprint density at radius 3 is 2.86 bits per heavy atom. The molecule has 4 heterocycles. The van der Waals surface area contributed by atoms with E-state index in [0.29, 0.717) is 47.4 Å². The molecule has 0 saturated carbocycles. The number of nitrogens with zero attached hydrogens (tertiary/aromatic N) is 4. The van der Waals surface area contributed by atoms with Crippen LogP contribution in [0.15, 0.2) is 42.6 Å². The number of pyridine rings is 1. The Morgan fingerprint density at radius 2 is 2.07 bits per heavy atom. The lowest BCUT2D eigenvalue weighted by molar-refractivity contribution is 0.0156. The number of H-pyrrole nitrogens is 1. The van der Waals surface area contributed by atoms with Gasteiger partial charge in [0.05, 0.1) is 24.3 Å². The van der Waals surface area contributed by atoms with Crippen LogP contribution in [0.25, 0.3) is 11.3 Å². The van der Waals surface area contributed by atoms with Crippen LogP contribution in [-0.4, -0.2) is 52.0 Å². The molecule has 9 heteroatoms. The van der Waals surface area contributed by atoms with E-state index < -0.39 is 0 Å². The van der Waals surface area contributed by atoms with Crippen LogP contribution in [0.3, 0.4) is 0 Å². The predicted octanol–water partition coefficient (Wildman–Crippen LogP) is 1.98. The first-order chi connectivity index (χ1) is 14.2. The largest absolute Gasteiger partial charge is 0.471 e. The number of amides is 1. The number of carbonyl (C=O) groups is 1. The number of nitrogens with one attached hydrogen (secondary N) is 1. The molecule has 0 atom stereocenters. The number of likely N-dealkylation sites (tertiary alicyclic amines) is 1. The normalized spacial score (nSPS) is 14.9. The maximum Gasteiger partial charge on any atom is 0.272 e. The fourth-order valence-corrected chi connectivity index (χ4v) is 3.17. The van der Waals surface area contributed by atoms with Gasteiger partial charge >= 0.3 is 0 Å². The summed E-state index contributed by atoms with van der Waals surface area (Å²) >= 11 is 0. The Bertz CT molecular complexity index is 1110. The van der Waals surface area contributed by atoms with E-state index in [4.69, 9.17) is 19.5 Å². The molecule has 2 aliphatic rings. The second-order valence-electron chi connectivity index (χ2n) is 6.68. The van der Waals surface area contributed by atoms with E-state index in [-0.39, 0.29) is 18.8 Å². The lowest BCUT2D eigenvalue weighted by Gasteiger charge is -2.38. The summed E-state index contributed by atoms with van der Waals surface area (Å²) in [6.07, 6.45) is 1.33. The zero-order chi connectivity index (χ0) is 19.8. The van der Waals surface area contributed by atoms with Crippen molar-refractivity contribution < 1.29 is 19.0 Å². The highest BCUT2D eigenvalue weighted by atomic mass is 16.7. The standard InChI is InChI=1S/C20H15N5O4/c21-7-12-1-4-19(22-8-12)29-14-9-25(10-14)20(26)16-6-15(23-24-16)13-2-3-17-18(5-13)28-11-27-17/h1-6,8,14H,9-11H2,(H,23,24). The fraction of sp³-hybridized carbons (Fsp3) is 0.200. The van der Waals surface area contributed by atoms with Crippen LogP contribution in [-0.2, 0) is 0 Å². The van der Waals surface area contributed by atoms with Crippen molar-refractivity contribution in [3.8, 4) is 34.7 Å². The van der Waals surface area contributed by atoms with Gasteiger partial charge < -0.3 is 19.1 Å². The van der Waals surface area contributed by atoms with Crippen LogP contribution in [0.1, 0.15) is 16.1 Å². The Hall–Kier alpha value is -4.06. The first-order valence-corrected chi connectivity index (χ1v) is 8.97. The van der Waals surface area contributed by atoms with Gasteiger partial charge in [-0.2, -0.15) is 10.4 Å². The number of nitriles is 1. The van der Waals surface area contributed by atoms with Crippen LogP contribution in [0.2, 0.25) is 0 Å². The minimum absolute atomic E-state index is 0.129. The van der Waals surface area contributed by atoms with Crippen molar-refractivity contribution in [2.75, 3.05) is 19.9 Å². The Kier molecular flexibility index (Phi) is 4.02. The molecule has 1 saturated heterocycles. The summed E-state index contributed by atoms with van der Waals surface area (Å²) < 4.78 is 16.4. The second kappa shape index (κ2) is 6.83. The van der Waals surface area contributed by atoms with Crippen molar-refractivity contribution in [1.82, 2.24) is 20.1 Å². The van der Waals surface area contributed by atoms with Crippen LogP contribution < -0.4 is 14.2 Å². The number of ether oxygens (including phenoxy) is 3. The SMILES string of the molecule is N#Cc1ccc(OC2CN(C(=O)c3cc(-c4ccc5c(c4)OCO5)n[nH]3)C2)nc1. The van der Waals surface area contributed by atoms with E-state index in [0.717, 1.165) is 5.56 Å². The van der Waals surface area contributed by atoms with Gasteiger partial charge in [-0.05, 0) is 30.3 Å². The van der Waals surface area contributed by atoms with Crippen molar-refractivity contribution in [2.24, 2.45) is 0 Å². The average molecular weight is 389 g/mol. The van der Waals surface area contributed by atoms with Crippen LogP contribution in [0.4, 0.5) is 0 Å². The number of aromatic nitrogens is 3. The highest BCUT2D eigenvalue weighted by molar-refractivity contribution is 5.94. The molecule has 3 aromatic rings. The van der Waals surface area contributed by atoms with Gasteiger partial charge in [-0.15, -0.1) is 0 Å². The molecule has 9 nitrogen and oxygen atoms in total. The molecule has 1 amide bonds. The van der Waals surface area contributed by atoms with Crippen molar-refractivity contribution >= 4 is 5.91 Å². The number of rotatable bonds is 4. The number of carbonyl (C=O) groups excluding carboxylic acids is 1. The summed E-state index contributed by atoms with van der Waals surface area (Å²) in [4.78, 5) is 18.4. The molecule has 2 aliphatic heterocycles. The molecular formula is C20H15N5O4. The molecule has 144 valence electrons. The summed E-state index contributed by atoms with van der Waals surface area (Å²) in [5.41, 5.74) is 2.37. The predicted molar refractivity (Wildman–Crippen MR) is 99.4 cm³/mol. The first kappa shape index (κ1) is 17.1. The Labute approximate surface area is 165 Å². The van der Waals surface area contributed by atoms with Crippen LogP contribution >= 0.6 is 0 Å². The molecule has 1 N–H and O–H groups in total. The van der Waals surface area contributed by atoms with Gasteiger partial charge in [0.2, 0.25) is 12.7 Å². The molecule has 1 aromatic carbocycles. The number of aromatic amines is 1. The molecule has 5 rings (SSSR count). The first-order valence-electron chi connectivity index (χ1n) is 8.97. The van der Waals surface area contributed by atoms with Gasteiger partial charge in [0.25, 0.3) is 5.91 Å². The molecule has 0 radical (unpaired) electrons. The van der Waals surface area contributed by atoms with Crippen molar-refractivity contribution in [1.29, 1.82) is 5.26 Å². The van der Waals surface area contributed by atoms with Crippen molar-refractivity contribution in [2.45, 2.75) is 6.10 Å². The fourth-order valence-electron chi connectivity index (χ4n) is 3.17. The van der Waals surface area contributed by atoms with Gasteiger partial charge in [0.15, 0.2) is 11.5 Å². The third-order valence-electron chi connectivity index (χ3n) is 4.76. The van der Waals surface area contributed by atoms with Gasteiger partial charge in [0, 0.05) is 17.8 Å². The number of fused-ring (bicyclic) bond motifs is 1. The quantitative estimate of drug-likeness (QED) is 0.726. The molecular weight excluding hydrogens is 374 g/mol. The summed E-state index contributed by atoms with van der Waals surface area (Å²) in [7, 11) is 0. The van der Waals surface area contributed by atoms with Crippen molar-refractivity contribution in [3.05, 3.63) is 53.9 Å². The van der Waals surface area contributed by atoms with Gasteiger partial charge in [-0.25, -0.2) is 4.98 Å². The smallest absolute Gasteiger partial charge is 0.272 e. The molecule has 0 unspecified atom stereocenters. The molecule has 1 fully saturated rings. The monoisotopic (exact) mass is 389 g/mol. The second-order valence-corrected chi connectivity index (χ2v) is 6.68. The van der Waals surface area contributed by atoms with E-state index in [1.165, 1.54) is 6.20 Å². The highest BCUT2D eigenvalue weighted by Gasteiger charge is 2.34. The van der Waals surface area contributed by atoms with E-state index in [1.54, 1.807) is 23.1 Å². The number of hydrogen-bond acceptors (Lipinski definition) is 7. The van der Waals surface area contributed by atoms with Crippen molar-refractivity contribution in [3.63, 3.8) is 0 Å². The van der Waals surface area contributed by atoms with Crippen LogP contribution in [0.5, 0.6) is 17.4 Å². The van der Waals surface area contributed by atoms with Gasteiger partial charge in [-0.1, -0.05) is 0 Å². The minimum atomic E-state index is -0.142. The minimum Gasteiger partial charge on any atom is -0.471 e. The zero-order valence-electron chi connectivity index (χ0n) is 15.2. The lowest BCUT2D eigenvalue weighted by atomic mass is 10.1.